The molecular weight excluding hydrogens is 489 g/mol. The molecule has 1 amide bonds. The number of aliphatic hydroxyl groups is 1. The Morgan fingerprint density at radius 1 is 1.06 bits per heavy atom. The van der Waals surface area contributed by atoms with Crippen LogP contribution in [0.4, 0.5) is 4.39 Å². The van der Waals surface area contributed by atoms with Crippen LogP contribution in [0.3, 0.4) is 0 Å². The minimum atomic E-state index is -3.74. The van der Waals surface area contributed by atoms with Gasteiger partial charge >= 0.3 is 0 Å². The van der Waals surface area contributed by atoms with Gasteiger partial charge in [-0.2, -0.15) is 4.31 Å². The molecular formula is C25H28FN3O6S. The highest BCUT2D eigenvalue weighted by atomic mass is 32.2. The van der Waals surface area contributed by atoms with Crippen molar-refractivity contribution in [3.05, 3.63) is 71.0 Å². The predicted octanol–water partition coefficient (Wildman–Crippen LogP) is 1.83. The van der Waals surface area contributed by atoms with Crippen LogP contribution >= 0.6 is 0 Å². The normalized spacial score (nSPS) is 20.9. The molecule has 2 aliphatic rings. The van der Waals surface area contributed by atoms with E-state index in [4.69, 9.17) is 4.74 Å². The Bertz CT molecular complexity index is 1270. The lowest BCUT2D eigenvalue weighted by molar-refractivity contribution is -0.140. The van der Waals surface area contributed by atoms with Crippen LogP contribution in [-0.2, 0) is 24.3 Å². The molecule has 4 rings (SSSR count). The summed E-state index contributed by atoms with van der Waals surface area (Å²) in [5.74, 6) is -2.52. The van der Waals surface area contributed by atoms with Gasteiger partial charge in [0.2, 0.25) is 10.0 Å². The second-order valence-electron chi connectivity index (χ2n) is 8.89. The Kier molecular flexibility index (Phi) is 7.55. The summed E-state index contributed by atoms with van der Waals surface area (Å²) in [6.45, 7) is 1.81. The van der Waals surface area contributed by atoms with E-state index >= 15 is 0 Å². The molecule has 1 unspecified atom stereocenters. The highest BCUT2D eigenvalue weighted by Crippen LogP contribution is 2.39. The Hall–Kier alpha value is -3.12. The Morgan fingerprint density at radius 3 is 2.25 bits per heavy atom. The first-order valence-corrected chi connectivity index (χ1v) is 12.9. The van der Waals surface area contributed by atoms with Crippen molar-refractivity contribution in [3.63, 3.8) is 0 Å². The molecule has 0 spiro atoms. The van der Waals surface area contributed by atoms with E-state index in [1.54, 1.807) is 0 Å². The summed E-state index contributed by atoms with van der Waals surface area (Å²) in [6.07, 6.45) is 0. The van der Waals surface area contributed by atoms with Crippen LogP contribution in [-0.4, -0.2) is 92.8 Å². The van der Waals surface area contributed by atoms with Crippen molar-refractivity contribution in [2.24, 2.45) is 0 Å². The number of aliphatic hydroxyl groups excluding tert-OH is 1. The number of carbonyl (C=O) groups excluding carboxylic acids is 2. The lowest BCUT2D eigenvalue weighted by atomic mass is 9.95. The molecule has 0 aliphatic carbocycles. The number of likely N-dealkylation sites (tertiary alicyclic amines) is 1. The first kappa shape index (κ1) is 26.0. The zero-order valence-corrected chi connectivity index (χ0v) is 20.9. The van der Waals surface area contributed by atoms with Gasteiger partial charge in [0.1, 0.15) is 11.6 Å². The maximum absolute atomic E-state index is 13.6. The average Bonchev–Trinajstić information content (AvgIpc) is 3.13. The van der Waals surface area contributed by atoms with Crippen molar-refractivity contribution in [2.45, 2.75) is 10.9 Å². The van der Waals surface area contributed by atoms with E-state index in [9.17, 15) is 27.5 Å². The number of amides is 1. The smallest absolute Gasteiger partial charge is 0.295 e. The first-order chi connectivity index (χ1) is 17.1. The monoisotopic (exact) mass is 517 g/mol. The highest BCUT2D eigenvalue weighted by Gasteiger charge is 2.46. The minimum Gasteiger partial charge on any atom is -0.507 e. The van der Waals surface area contributed by atoms with Crippen LogP contribution in [0.15, 0.2) is 59.0 Å². The van der Waals surface area contributed by atoms with Gasteiger partial charge in [0, 0.05) is 31.7 Å². The molecule has 36 heavy (non-hydrogen) atoms. The average molecular weight is 518 g/mol. The van der Waals surface area contributed by atoms with Crippen molar-refractivity contribution >= 4 is 27.5 Å². The molecule has 0 aromatic heterocycles. The van der Waals surface area contributed by atoms with Crippen LogP contribution in [0, 0.1) is 5.82 Å². The molecule has 2 heterocycles. The fourth-order valence-electron chi connectivity index (χ4n) is 4.29. The largest absolute Gasteiger partial charge is 0.507 e. The van der Waals surface area contributed by atoms with Crippen molar-refractivity contribution < 1.29 is 32.2 Å². The Morgan fingerprint density at radius 2 is 1.67 bits per heavy atom. The molecule has 1 N–H and O–H groups in total. The lowest BCUT2D eigenvalue weighted by Crippen LogP contribution is -2.40. The lowest BCUT2D eigenvalue weighted by Gasteiger charge is -2.26. The highest BCUT2D eigenvalue weighted by molar-refractivity contribution is 7.89. The van der Waals surface area contributed by atoms with Gasteiger partial charge in [-0.25, -0.2) is 12.8 Å². The first-order valence-electron chi connectivity index (χ1n) is 11.5. The van der Waals surface area contributed by atoms with Crippen molar-refractivity contribution in [1.29, 1.82) is 0 Å². The number of halogens is 1. The third kappa shape index (κ3) is 5.05. The van der Waals surface area contributed by atoms with Gasteiger partial charge in [-0.3, -0.25) is 9.59 Å². The standard InChI is InChI=1S/C25H28FN3O6S/c1-27(2)11-12-29-22(17-3-7-19(26)8-4-17)21(24(31)25(29)32)23(30)18-5-9-20(10-6-18)36(33,34)28-13-15-35-16-14-28/h3-10,22,30H,11-16H2,1-2H3. The van der Waals surface area contributed by atoms with Crippen LogP contribution in [0.2, 0.25) is 0 Å². The molecule has 2 aliphatic heterocycles. The topological polar surface area (TPSA) is 107 Å². The van der Waals surface area contributed by atoms with E-state index in [1.807, 2.05) is 19.0 Å². The summed E-state index contributed by atoms with van der Waals surface area (Å²) in [7, 11) is -0.0802. The molecule has 11 heteroatoms. The summed E-state index contributed by atoms with van der Waals surface area (Å²) < 4.78 is 46.0. The number of hydrogen-bond acceptors (Lipinski definition) is 7. The fourth-order valence-corrected chi connectivity index (χ4v) is 5.69. The number of benzene rings is 2. The minimum absolute atomic E-state index is 0.0440. The van der Waals surface area contributed by atoms with Crippen LogP contribution in [0.1, 0.15) is 17.2 Å². The van der Waals surface area contributed by atoms with Crippen molar-refractivity contribution in [3.8, 4) is 0 Å². The number of ketones is 1. The number of morpholine rings is 1. The second kappa shape index (κ2) is 10.5. The number of nitrogens with zero attached hydrogens (tertiary/aromatic N) is 3. The van der Waals surface area contributed by atoms with E-state index in [1.165, 1.54) is 57.7 Å². The molecule has 0 bridgehead atoms. The zero-order chi connectivity index (χ0) is 26.0. The summed E-state index contributed by atoms with van der Waals surface area (Å²) in [4.78, 5) is 29.2. The molecule has 9 nitrogen and oxygen atoms in total. The molecule has 0 saturated carbocycles. The number of Topliss-reactive ketones (excluding diaryl/α,β-unsaturated/α-hetero) is 1. The van der Waals surface area contributed by atoms with Gasteiger partial charge in [-0.1, -0.05) is 12.1 Å². The quantitative estimate of drug-likeness (QED) is 0.339. The molecule has 1 atom stereocenters. The number of hydrogen-bond donors (Lipinski definition) is 1. The van der Waals surface area contributed by atoms with Crippen molar-refractivity contribution in [1.82, 2.24) is 14.1 Å². The molecule has 2 fully saturated rings. The molecule has 2 aromatic rings. The number of sulfonamides is 1. The molecule has 0 radical (unpaired) electrons. The van der Waals surface area contributed by atoms with E-state index in [0.29, 0.717) is 25.3 Å². The van der Waals surface area contributed by atoms with Crippen molar-refractivity contribution in [2.75, 3.05) is 53.5 Å². The predicted molar refractivity (Wildman–Crippen MR) is 130 cm³/mol. The van der Waals surface area contributed by atoms with Crippen LogP contribution in [0.25, 0.3) is 5.76 Å². The SMILES string of the molecule is CN(C)CCN1C(=O)C(=O)C(=C(O)c2ccc(S(=O)(=O)N3CCOCC3)cc2)C1c1ccc(F)cc1. The molecule has 2 saturated heterocycles. The van der Waals surface area contributed by atoms with Crippen LogP contribution < -0.4 is 0 Å². The maximum atomic E-state index is 13.6. The van der Waals surface area contributed by atoms with Gasteiger partial charge in [0.25, 0.3) is 11.7 Å². The Labute approximate surface area is 209 Å². The van der Waals surface area contributed by atoms with Gasteiger partial charge < -0.3 is 19.6 Å². The molecule has 192 valence electrons. The number of ether oxygens (including phenoxy) is 1. The summed E-state index contributed by atoms with van der Waals surface area (Å²) in [6, 6.07) is 10.0. The fraction of sp³-hybridized carbons (Fsp3) is 0.360. The summed E-state index contributed by atoms with van der Waals surface area (Å²) >= 11 is 0. The van der Waals surface area contributed by atoms with E-state index < -0.39 is 39.3 Å². The van der Waals surface area contributed by atoms with E-state index in [2.05, 4.69) is 0 Å². The van der Waals surface area contributed by atoms with Gasteiger partial charge in [0.15, 0.2) is 0 Å². The summed E-state index contributed by atoms with van der Waals surface area (Å²) in [5.41, 5.74) is 0.533. The van der Waals surface area contributed by atoms with Gasteiger partial charge in [-0.05, 0) is 56.1 Å². The third-order valence-electron chi connectivity index (χ3n) is 6.25. The summed E-state index contributed by atoms with van der Waals surface area (Å²) in [5, 5.41) is 11.2. The van der Waals surface area contributed by atoms with Gasteiger partial charge in [-0.15, -0.1) is 0 Å². The zero-order valence-electron chi connectivity index (χ0n) is 20.1. The Balaban J connectivity index is 1.73. The number of likely N-dealkylation sites (N-methyl/N-ethyl adjacent to an activating group) is 1. The van der Waals surface area contributed by atoms with E-state index in [-0.39, 0.29) is 35.7 Å². The van der Waals surface area contributed by atoms with Gasteiger partial charge in [0.05, 0.1) is 29.7 Å². The maximum Gasteiger partial charge on any atom is 0.295 e. The number of carbonyl (C=O) groups is 2. The van der Waals surface area contributed by atoms with Crippen LogP contribution in [0.5, 0.6) is 0 Å². The third-order valence-corrected chi connectivity index (χ3v) is 8.16. The van der Waals surface area contributed by atoms with E-state index in [0.717, 1.165) is 0 Å². The molecule has 2 aromatic carbocycles. The second-order valence-corrected chi connectivity index (χ2v) is 10.8. The number of rotatable bonds is 7.